The predicted molar refractivity (Wildman–Crippen MR) is 81.1 cm³/mol. The molecule has 0 aliphatic heterocycles. The zero-order chi connectivity index (χ0) is 14.0. The summed E-state index contributed by atoms with van der Waals surface area (Å²) >= 11 is 0. The third-order valence-electron chi connectivity index (χ3n) is 7.37. The highest BCUT2D eigenvalue weighted by Crippen LogP contribution is 2.64. The molecule has 2 fully saturated rings. The summed E-state index contributed by atoms with van der Waals surface area (Å²) in [5.74, 6) is 2.18. The van der Waals surface area contributed by atoms with Gasteiger partial charge in [-0.25, -0.2) is 4.39 Å². The highest BCUT2D eigenvalue weighted by atomic mass is 19.1. The molecular weight excluding hydrogens is 247 g/mol. The van der Waals surface area contributed by atoms with Gasteiger partial charge >= 0.3 is 0 Å². The molecule has 20 heavy (non-hydrogen) atoms. The highest BCUT2D eigenvalue weighted by molar-refractivity contribution is 5.33. The van der Waals surface area contributed by atoms with Crippen LogP contribution in [0.1, 0.15) is 58.8 Å². The van der Waals surface area contributed by atoms with Gasteiger partial charge in [-0.2, -0.15) is 0 Å². The molecule has 1 heteroatoms. The summed E-state index contributed by atoms with van der Waals surface area (Å²) in [7, 11) is 0. The number of fused-ring (bicyclic) bond motifs is 5. The smallest absolute Gasteiger partial charge is 0.101 e. The van der Waals surface area contributed by atoms with E-state index < -0.39 is 6.17 Å². The Hall–Kier alpha value is -0.590. The first-order chi connectivity index (χ1) is 9.53. The number of alkyl halides is 1. The van der Waals surface area contributed by atoms with Gasteiger partial charge in [0.1, 0.15) is 6.17 Å². The topological polar surface area (TPSA) is 0 Å². The number of halogens is 1. The zero-order valence-electron chi connectivity index (χ0n) is 12.9. The molecule has 0 saturated heterocycles. The van der Waals surface area contributed by atoms with E-state index in [9.17, 15) is 4.39 Å². The highest BCUT2D eigenvalue weighted by Gasteiger charge is 2.56. The molecule has 0 spiro atoms. The summed E-state index contributed by atoms with van der Waals surface area (Å²) < 4.78 is 14.0. The molecule has 6 atom stereocenters. The Kier molecular flexibility index (Phi) is 2.76. The van der Waals surface area contributed by atoms with Crippen molar-refractivity contribution in [3.63, 3.8) is 0 Å². The molecule has 0 unspecified atom stereocenters. The van der Waals surface area contributed by atoms with Crippen LogP contribution >= 0.6 is 0 Å². The lowest BCUT2D eigenvalue weighted by Gasteiger charge is -2.55. The molecule has 0 aromatic heterocycles. The molecule has 0 aromatic rings. The average molecular weight is 274 g/mol. The van der Waals surface area contributed by atoms with Gasteiger partial charge < -0.3 is 0 Å². The Bertz CT molecular complexity index is 476. The lowest BCUT2D eigenvalue weighted by molar-refractivity contribution is -0.0179. The van der Waals surface area contributed by atoms with Crippen molar-refractivity contribution in [3.8, 4) is 0 Å². The van der Waals surface area contributed by atoms with E-state index in [2.05, 4.69) is 32.1 Å². The van der Waals surface area contributed by atoms with E-state index in [-0.39, 0.29) is 0 Å². The molecular formula is C19H27F. The van der Waals surface area contributed by atoms with Crippen molar-refractivity contribution in [2.75, 3.05) is 0 Å². The van der Waals surface area contributed by atoms with E-state index in [0.717, 1.165) is 24.7 Å². The quantitative estimate of drug-likeness (QED) is 0.550. The second kappa shape index (κ2) is 4.21. The summed E-state index contributed by atoms with van der Waals surface area (Å²) in [5, 5.41) is 0. The molecule has 110 valence electrons. The Morgan fingerprint density at radius 2 is 2.05 bits per heavy atom. The molecule has 0 bridgehead atoms. The van der Waals surface area contributed by atoms with Crippen molar-refractivity contribution in [1.82, 2.24) is 0 Å². The minimum Gasteiger partial charge on any atom is -0.247 e. The third kappa shape index (κ3) is 1.64. The largest absolute Gasteiger partial charge is 0.247 e. The molecule has 4 rings (SSSR count). The molecule has 4 aliphatic carbocycles. The van der Waals surface area contributed by atoms with Gasteiger partial charge in [0.2, 0.25) is 0 Å². The van der Waals surface area contributed by atoms with E-state index in [1.54, 1.807) is 5.57 Å². The molecule has 4 aliphatic rings. The lowest BCUT2D eigenvalue weighted by Crippen LogP contribution is -2.47. The van der Waals surface area contributed by atoms with Crippen LogP contribution < -0.4 is 0 Å². The molecule has 0 amide bonds. The molecule has 0 nitrogen and oxygen atoms in total. The van der Waals surface area contributed by atoms with Gasteiger partial charge in [0.15, 0.2) is 0 Å². The Labute approximate surface area is 122 Å². The SMILES string of the molecule is C[C@]12CC[C@H]3[C@@H](CC=C4C=CCC[C@@]43C)[C@@H]1C[C@@H](F)C2. The number of allylic oxidation sites excluding steroid dienone is 4. The van der Waals surface area contributed by atoms with Crippen LogP contribution in [0.3, 0.4) is 0 Å². The maximum Gasteiger partial charge on any atom is 0.101 e. The lowest BCUT2D eigenvalue weighted by atomic mass is 9.49. The van der Waals surface area contributed by atoms with Crippen LogP contribution in [-0.4, -0.2) is 6.17 Å². The summed E-state index contributed by atoms with van der Waals surface area (Å²) in [4.78, 5) is 0. The van der Waals surface area contributed by atoms with Crippen LogP contribution in [0.25, 0.3) is 0 Å². The Morgan fingerprint density at radius 1 is 1.20 bits per heavy atom. The van der Waals surface area contributed by atoms with Crippen molar-refractivity contribution < 1.29 is 4.39 Å². The molecule has 0 radical (unpaired) electrons. The Morgan fingerprint density at radius 3 is 2.90 bits per heavy atom. The molecule has 0 aromatic carbocycles. The van der Waals surface area contributed by atoms with Crippen LogP contribution in [0.2, 0.25) is 0 Å². The standard InChI is InChI=1S/C19H27F/c1-18-10-8-16-15(17(18)11-14(20)12-18)7-6-13-5-3-4-9-19(13,16)2/h3,5-6,14-17H,4,7-12H2,1-2H3/t14-,15-,16+,17+,18-,19+/m1/s1. The number of hydrogen-bond acceptors (Lipinski definition) is 0. The molecule has 0 N–H and O–H groups in total. The van der Waals surface area contributed by atoms with E-state index in [0.29, 0.717) is 16.7 Å². The third-order valence-corrected chi connectivity index (χ3v) is 7.37. The molecule has 0 heterocycles. The first-order valence-electron chi connectivity index (χ1n) is 8.54. The maximum atomic E-state index is 14.0. The number of rotatable bonds is 0. The van der Waals surface area contributed by atoms with Crippen molar-refractivity contribution in [3.05, 3.63) is 23.8 Å². The summed E-state index contributed by atoms with van der Waals surface area (Å²) in [6.45, 7) is 4.86. The van der Waals surface area contributed by atoms with Gasteiger partial charge in [0.05, 0.1) is 0 Å². The van der Waals surface area contributed by atoms with E-state index >= 15 is 0 Å². The summed E-state index contributed by atoms with van der Waals surface area (Å²) in [6.07, 6.45) is 14.7. The van der Waals surface area contributed by atoms with Gasteiger partial charge in [-0.1, -0.05) is 32.1 Å². The first-order valence-corrected chi connectivity index (χ1v) is 8.54. The van der Waals surface area contributed by atoms with E-state index in [1.807, 2.05) is 0 Å². The molecule has 2 saturated carbocycles. The van der Waals surface area contributed by atoms with Crippen molar-refractivity contribution in [2.24, 2.45) is 28.6 Å². The van der Waals surface area contributed by atoms with Crippen LogP contribution in [0.5, 0.6) is 0 Å². The van der Waals surface area contributed by atoms with E-state index in [1.165, 1.54) is 32.1 Å². The second-order valence-electron chi connectivity index (χ2n) is 8.36. The predicted octanol–water partition coefficient (Wildman–Crippen LogP) is 5.45. The summed E-state index contributed by atoms with van der Waals surface area (Å²) in [6, 6.07) is 0. The van der Waals surface area contributed by atoms with Gasteiger partial charge in [-0.15, -0.1) is 0 Å². The Balaban J connectivity index is 1.71. The maximum absolute atomic E-state index is 14.0. The first kappa shape index (κ1) is 13.1. The normalized spacial score (nSPS) is 53.9. The van der Waals surface area contributed by atoms with E-state index in [4.69, 9.17) is 0 Å². The van der Waals surface area contributed by atoms with Crippen molar-refractivity contribution in [2.45, 2.75) is 65.0 Å². The van der Waals surface area contributed by atoms with Crippen LogP contribution in [-0.2, 0) is 0 Å². The minimum absolute atomic E-state index is 0.298. The van der Waals surface area contributed by atoms with Gasteiger partial charge in [0.25, 0.3) is 0 Å². The summed E-state index contributed by atoms with van der Waals surface area (Å²) in [5.41, 5.74) is 2.27. The zero-order valence-corrected chi connectivity index (χ0v) is 12.9. The monoisotopic (exact) mass is 274 g/mol. The van der Waals surface area contributed by atoms with Crippen molar-refractivity contribution >= 4 is 0 Å². The van der Waals surface area contributed by atoms with Crippen molar-refractivity contribution in [1.29, 1.82) is 0 Å². The van der Waals surface area contributed by atoms with Crippen LogP contribution in [0, 0.1) is 28.6 Å². The minimum atomic E-state index is -0.534. The van der Waals surface area contributed by atoms with Gasteiger partial charge in [0, 0.05) is 0 Å². The van der Waals surface area contributed by atoms with Crippen LogP contribution in [0.15, 0.2) is 23.8 Å². The average Bonchev–Trinajstić information content (AvgIpc) is 2.72. The van der Waals surface area contributed by atoms with Gasteiger partial charge in [-0.05, 0) is 79.1 Å². The number of hydrogen-bond donors (Lipinski definition) is 0. The van der Waals surface area contributed by atoms with Crippen LogP contribution in [0.4, 0.5) is 4.39 Å². The van der Waals surface area contributed by atoms with Gasteiger partial charge in [-0.3, -0.25) is 0 Å². The fraction of sp³-hybridized carbons (Fsp3) is 0.789. The second-order valence-corrected chi connectivity index (χ2v) is 8.36. The fourth-order valence-electron chi connectivity index (χ4n) is 6.27. The fourth-order valence-corrected chi connectivity index (χ4v) is 6.27.